The topological polar surface area (TPSA) is 83.5 Å². The third-order valence-corrected chi connectivity index (χ3v) is 8.12. The minimum Gasteiger partial charge on any atom is -0.457 e. The fourth-order valence-electron chi connectivity index (χ4n) is 5.40. The van der Waals surface area contributed by atoms with Crippen molar-refractivity contribution in [2.75, 3.05) is 43.4 Å². The van der Waals surface area contributed by atoms with Crippen molar-refractivity contribution in [2.24, 2.45) is 5.92 Å². The Morgan fingerprint density at radius 2 is 2.12 bits per heavy atom. The standard InChI is InChI=1S/C31H35FN6O2S/c1-4-14-37(3)18-22-7-6-15-38(19-22)29-21(2)28(40-25-9-5-8-24(32)16-25)11-10-26(29)35-30(39)27-20-41-31(36-27)23-12-13-33-34-17-23/h5,8-13,16-17,20,22H,4,6-7,14-15,18-19H2,1-3H3,(H,35,39)/t22-/m0/s1. The molecule has 1 N–H and O–H groups in total. The highest BCUT2D eigenvalue weighted by atomic mass is 32.1. The van der Waals surface area contributed by atoms with Gasteiger partial charge in [-0.3, -0.25) is 4.79 Å². The predicted octanol–water partition coefficient (Wildman–Crippen LogP) is 6.65. The van der Waals surface area contributed by atoms with E-state index in [4.69, 9.17) is 4.74 Å². The van der Waals surface area contributed by atoms with Crippen molar-refractivity contribution in [3.63, 3.8) is 0 Å². The maximum absolute atomic E-state index is 13.9. The molecule has 2 aromatic carbocycles. The van der Waals surface area contributed by atoms with E-state index < -0.39 is 0 Å². The van der Waals surface area contributed by atoms with E-state index in [1.807, 2.05) is 25.1 Å². The molecule has 0 saturated carbocycles. The fourth-order valence-corrected chi connectivity index (χ4v) is 6.19. The first kappa shape index (κ1) is 28.6. The van der Waals surface area contributed by atoms with Crippen LogP contribution < -0.4 is 15.0 Å². The Bertz CT molecular complexity index is 1480. The van der Waals surface area contributed by atoms with Gasteiger partial charge in [-0.2, -0.15) is 10.2 Å². The average Bonchev–Trinajstić information content (AvgIpc) is 3.46. The minimum absolute atomic E-state index is 0.287. The van der Waals surface area contributed by atoms with E-state index >= 15 is 0 Å². The zero-order valence-corrected chi connectivity index (χ0v) is 24.5. The van der Waals surface area contributed by atoms with Crippen LogP contribution in [0.2, 0.25) is 0 Å². The molecule has 10 heteroatoms. The van der Waals surface area contributed by atoms with E-state index in [0.29, 0.717) is 33.8 Å². The summed E-state index contributed by atoms with van der Waals surface area (Å²) in [5.74, 6) is 0.907. The van der Waals surface area contributed by atoms with Gasteiger partial charge in [0.2, 0.25) is 0 Å². The Hall–Kier alpha value is -3.89. The minimum atomic E-state index is -0.357. The van der Waals surface area contributed by atoms with Crippen LogP contribution in [0.1, 0.15) is 42.2 Å². The SMILES string of the molecule is CCCN(C)C[C@@H]1CCCN(c2c(NC(=O)c3csc(-c4ccnnc4)n3)ccc(Oc3cccc(F)c3)c2C)C1. The Morgan fingerprint density at radius 1 is 1.24 bits per heavy atom. The molecular weight excluding hydrogens is 539 g/mol. The molecule has 4 aromatic rings. The summed E-state index contributed by atoms with van der Waals surface area (Å²) in [5.41, 5.74) is 3.65. The van der Waals surface area contributed by atoms with Crippen molar-refractivity contribution in [2.45, 2.75) is 33.1 Å². The maximum Gasteiger partial charge on any atom is 0.275 e. The summed E-state index contributed by atoms with van der Waals surface area (Å²) in [7, 11) is 2.18. The van der Waals surface area contributed by atoms with Crippen LogP contribution in [-0.2, 0) is 0 Å². The second kappa shape index (κ2) is 13.2. The van der Waals surface area contributed by atoms with Gasteiger partial charge in [0.1, 0.15) is 28.0 Å². The van der Waals surface area contributed by atoms with E-state index in [2.05, 4.69) is 44.3 Å². The number of thiazole rings is 1. The Morgan fingerprint density at radius 3 is 2.90 bits per heavy atom. The normalized spacial score (nSPS) is 15.2. The highest BCUT2D eigenvalue weighted by Crippen LogP contribution is 2.40. The van der Waals surface area contributed by atoms with Crippen molar-refractivity contribution >= 4 is 28.6 Å². The van der Waals surface area contributed by atoms with Gasteiger partial charge in [-0.05, 0) is 76.0 Å². The highest BCUT2D eigenvalue weighted by molar-refractivity contribution is 7.13. The zero-order valence-electron chi connectivity index (χ0n) is 23.6. The molecule has 1 aliphatic rings. The number of aromatic nitrogens is 3. The van der Waals surface area contributed by atoms with Crippen LogP contribution in [0.4, 0.5) is 15.8 Å². The lowest BCUT2D eigenvalue weighted by Gasteiger charge is -2.38. The third kappa shape index (κ3) is 7.07. The number of nitrogens with one attached hydrogen (secondary N) is 1. The lowest BCUT2D eigenvalue weighted by molar-refractivity contribution is 0.102. The molecule has 1 fully saturated rings. The molecule has 0 unspecified atom stereocenters. The third-order valence-electron chi connectivity index (χ3n) is 7.23. The molecule has 1 amide bonds. The van der Waals surface area contributed by atoms with Gasteiger partial charge in [0.25, 0.3) is 5.91 Å². The number of carbonyl (C=O) groups is 1. The second-order valence-electron chi connectivity index (χ2n) is 10.5. The number of ether oxygens (including phenoxy) is 1. The number of amides is 1. The van der Waals surface area contributed by atoms with Gasteiger partial charge in [0, 0.05) is 42.2 Å². The van der Waals surface area contributed by atoms with E-state index in [1.54, 1.807) is 29.9 Å². The number of anilines is 2. The van der Waals surface area contributed by atoms with Crippen LogP contribution in [0.15, 0.2) is 60.2 Å². The number of rotatable bonds is 10. The predicted molar refractivity (Wildman–Crippen MR) is 161 cm³/mol. The lowest BCUT2D eigenvalue weighted by Crippen LogP contribution is -2.41. The molecule has 3 heterocycles. The first-order valence-corrected chi connectivity index (χ1v) is 14.8. The molecule has 0 spiro atoms. The number of hydrogen-bond donors (Lipinski definition) is 1. The molecule has 0 bridgehead atoms. The highest BCUT2D eigenvalue weighted by Gasteiger charge is 2.26. The van der Waals surface area contributed by atoms with Gasteiger partial charge < -0.3 is 19.9 Å². The number of halogens is 1. The smallest absolute Gasteiger partial charge is 0.275 e. The van der Waals surface area contributed by atoms with Gasteiger partial charge in [0.15, 0.2) is 0 Å². The van der Waals surface area contributed by atoms with Gasteiger partial charge in [-0.1, -0.05) is 13.0 Å². The summed E-state index contributed by atoms with van der Waals surface area (Å²) in [4.78, 5) is 22.7. The van der Waals surface area contributed by atoms with Crippen LogP contribution in [0.3, 0.4) is 0 Å². The molecule has 1 aliphatic heterocycles. The van der Waals surface area contributed by atoms with E-state index in [9.17, 15) is 9.18 Å². The molecule has 41 heavy (non-hydrogen) atoms. The van der Waals surface area contributed by atoms with Crippen LogP contribution in [-0.4, -0.2) is 59.2 Å². The van der Waals surface area contributed by atoms with Gasteiger partial charge in [-0.25, -0.2) is 9.37 Å². The van der Waals surface area contributed by atoms with Crippen LogP contribution in [0, 0.1) is 18.7 Å². The second-order valence-corrected chi connectivity index (χ2v) is 11.3. The van der Waals surface area contributed by atoms with Gasteiger partial charge in [0.05, 0.1) is 23.8 Å². The number of hydrogen-bond acceptors (Lipinski definition) is 8. The Balaban J connectivity index is 1.44. The molecule has 2 aromatic heterocycles. The molecule has 214 valence electrons. The molecule has 5 rings (SSSR count). The molecular formula is C31H35FN6O2S. The maximum atomic E-state index is 13.9. The molecule has 1 saturated heterocycles. The molecule has 8 nitrogen and oxygen atoms in total. The van der Waals surface area contributed by atoms with E-state index in [0.717, 1.165) is 62.3 Å². The summed E-state index contributed by atoms with van der Waals surface area (Å²) in [6, 6.07) is 11.6. The van der Waals surface area contributed by atoms with Crippen molar-refractivity contribution in [3.05, 3.63) is 77.3 Å². The number of nitrogens with zero attached hydrogens (tertiary/aromatic N) is 5. The van der Waals surface area contributed by atoms with Crippen LogP contribution in [0.5, 0.6) is 11.5 Å². The molecule has 1 atom stereocenters. The quantitative estimate of drug-likeness (QED) is 0.227. The molecule has 0 radical (unpaired) electrons. The van der Waals surface area contributed by atoms with Crippen LogP contribution in [0.25, 0.3) is 10.6 Å². The first-order valence-electron chi connectivity index (χ1n) is 14.0. The van der Waals surface area contributed by atoms with Gasteiger partial charge in [-0.15, -0.1) is 11.3 Å². The summed E-state index contributed by atoms with van der Waals surface area (Å²) < 4.78 is 20.0. The Kier molecular flexibility index (Phi) is 9.21. The van der Waals surface area contributed by atoms with E-state index in [-0.39, 0.29) is 11.7 Å². The average molecular weight is 575 g/mol. The van der Waals surface area contributed by atoms with E-state index in [1.165, 1.54) is 23.5 Å². The lowest BCUT2D eigenvalue weighted by atomic mass is 9.95. The van der Waals surface area contributed by atoms with Crippen molar-refractivity contribution < 1.29 is 13.9 Å². The summed E-state index contributed by atoms with van der Waals surface area (Å²) >= 11 is 1.39. The summed E-state index contributed by atoms with van der Waals surface area (Å²) in [6.45, 7) is 8.03. The number of benzene rings is 2. The van der Waals surface area contributed by atoms with Gasteiger partial charge >= 0.3 is 0 Å². The fraction of sp³-hybridized carbons (Fsp3) is 0.355. The number of carbonyl (C=O) groups excluding carboxylic acids is 1. The summed E-state index contributed by atoms with van der Waals surface area (Å²) in [6.07, 6.45) is 6.57. The zero-order chi connectivity index (χ0) is 28.8. The van der Waals surface area contributed by atoms with Crippen molar-refractivity contribution in [1.82, 2.24) is 20.1 Å². The Labute approximate surface area is 244 Å². The number of piperidine rings is 1. The first-order chi connectivity index (χ1) is 19.9. The largest absolute Gasteiger partial charge is 0.457 e. The van der Waals surface area contributed by atoms with Crippen LogP contribution >= 0.6 is 11.3 Å². The van der Waals surface area contributed by atoms with Crippen molar-refractivity contribution in [1.29, 1.82) is 0 Å². The summed E-state index contributed by atoms with van der Waals surface area (Å²) in [5, 5.41) is 13.3. The monoisotopic (exact) mass is 574 g/mol. The van der Waals surface area contributed by atoms with Crippen molar-refractivity contribution in [3.8, 4) is 22.1 Å². The molecule has 0 aliphatic carbocycles.